The van der Waals surface area contributed by atoms with Crippen LogP contribution in [0.5, 0.6) is 11.5 Å². The number of aromatic nitrogens is 1. The number of ether oxygens (including phenoxy) is 2. The number of thiazole rings is 1. The van der Waals surface area contributed by atoms with Gasteiger partial charge in [-0.3, -0.25) is 4.79 Å². The van der Waals surface area contributed by atoms with E-state index in [2.05, 4.69) is 15.6 Å². The molecule has 0 aliphatic rings. The highest BCUT2D eigenvalue weighted by Crippen LogP contribution is 2.31. The van der Waals surface area contributed by atoms with Crippen molar-refractivity contribution in [3.05, 3.63) is 65.2 Å². The summed E-state index contributed by atoms with van der Waals surface area (Å²) in [6.07, 6.45) is 0. The molecule has 0 radical (unpaired) electrons. The molecule has 1 atom stereocenters. The number of methoxy groups -OCH3 is 2. The second-order valence-electron chi connectivity index (χ2n) is 5.84. The van der Waals surface area contributed by atoms with Gasteiger partial charge in [-0.25, -0.2) is 4.98 Å². The van der Waals surface area contributed by atoms with Crippen molar-refractivity contribution < 1.29 is 14.3 Å². The van der Waals surface area contributed by atoms with Gasteiger partial charge in [0.15, 0.2) is 16.6 Å². The van der Waals surface area contributed by atoms with E-state index in [9.17, 15) is 4.79 Å². The number of carbonyl (C=O) groups excluding carboxylic acids is 1. The molecule has 6 nitrogen and oxygen atoms in total. The quantitative estimate of drug-likeness (QED) is 0.633. The Morgan fingerprint density at radius 3 is 2.52 bits per heavy atom. The Morgan fingerprint density at radius 1 is 1.07 bits per heavy atom. The third-order valence-electron chi connectivity index (χ3n) is 4.02. The predicted molar refractivity (Wildman–Crippen MR) is 107 cm³/mol. The molecule has 3 aromatic rings. The first-order chi connectivity index (χ1) is 13.1. The highest BCUT2D eigenvalue weighted by atomic mass is 32.1. The maximum absolute atomic E-state index is 12.4. The van der Waals surface area contributed by atoms with Gasteiger partial charge in [-0.15, -0.1) is 11.3 Å². The summed E-state index contributed by atoms with van der Waals surface area (Å²) in [5, 5.41) is 8.50. The third-order valence-corrected chi connectivity index (χ3v) is 4.78. The van der Waals surface area contributed by atoms with Gasteiger partial charge in [0.2, 0.25) is 0 Å². The van der Waals surface area contributed by atoms with Crippen LogP contribution in [0.4, 0.5) is 10.8 Å². The van der Waals surface area contributed by atoms with Crippen LogP contribution < -0.4 is 20.1 Å². The van der Waals surface area contributed by atoms with E-state index in [1.165, 1.54) is 11.3 Å². The molecular formula is C20H21N3O3S. The number of benzene rings is 2. The molecule has 1 amide bonds. The number of carbonyl (C=O) groups is 1. The summed E-state index contributed by atoms with van der Waals surface area (Å²) in [5.41, 5.74) is 2.22. The maximum Gasteiger partial charge on any atom is 0.271 e. The van der Waals surface area contributed by atoms with Crippen molar-refractivity contribution in [2.75, 3.05) is 19.5 Å². The summed E-state index contributed by atoms with van der Waals surface area (Å²) >= 11 is 1.36. The largest absolute Gasteiger partial charge is 0.493 e. The van der Waals surface area contributed by atoms with Gasteiger partial charge < -0.3 is 20.1 Å². The SMILES string of the molecule is COc1ccc(Nc2nc(C(=O)NC(C)c3ccccc3)cs2)cc1OC. The molecule has 0 bridgehead atoms. The molecule has 0 aliphatic heterocycles. The van der Waals surface area contributed by atoms with Crippen LogP contribution in [0.25, 0.3) is 0 Å². The average Bonchev–Trinajstić information content (AvgIpc) is 3.17. The van der Waals surface area contributed by atoms with E-state index in [0.29, 0.717) is 22.3 Å². The topological polar surface area (TPSA) is 72.5 Å². The van der Waals surface area contributed by atoms with E-state index in [1.807, 2.05) is 55.5 Å². The Hall–Kier alpha value is -3.06. The van der Waals surface area contributed by atoms with Crippen molar-refractivity contribution in [1.29, 1.82) is 0 Å². The van der Waals surface area contributed by atoms with Crippen LogP contribution in [-0.2, 0) is 0 Å². The number of nitrogens with one attached hydrogen (secondary N) is 2. The number of hydrogen-bond donors (Lipinski definition) is 2. The fourth-order valence-corrected chi connectivity index (χ4v) is 3.28. The summed E-state index contributed by atoms with van der Waals surface area (Å²) in [6.45, 7) is 1.95. The molecule has 0 aliphatic carbocycles. The Morgan fingerprint density at radius 2 is 1.81 bits per heavy atom. The van der Waals surface area contributed by atoms with E-state index >= 15 is 0 Å². The molecule has 0 saturated carbocycles. The smallest absolute Gasteiger partial charge is 0.271 e. The Bertz CT molecular complexity index is 912. The normalized spacial score (nSPS) is 11.5. The van der Waals surface area contributed by atoms with Crippen LogP contribution in [0.1, 0.15) is 29.0 Å². The molecule has 0 fully saturated rings. The van der Waals surface area contributed by atoms with Crippen LogP contribution in [0.2, 0.25) is 0 Å². The second-order valence-corrected chi connectivity index (χ2v) is 6.70. The Balaban J connectivity index is 1.67. The summed E-state index contributed by atoms with van der Waals surface area (Å²) in [7, 11) is 3.18. The van der Waals surface area contributed by atoms with Gasteiger partial charge in [0.25, 0.3) is 5.91 Å². The van der Waals surface area contributed by atoms with Gasteiger partial charge in [-0.05, 0) is 24.6 Å². The first-order valence-corrected chi connectivity index (χ1v) is 9.29. The number of nitrogens with zero attached hydrogens (tertiary/aromatic N) is 1. The van der Waals surface area contributed by atoms with Gasteiger partial charge in [-0.2, -0.15) is 0 Å². The Kier molecular flexibility index (Phi) is 5.93. The molecule has 2 N–H and O–H groups in total. The van der Waals surface area contributed by atoms with Gasteiger partial charge in [0.05, 0.1) is 20.3 Å². The second kappa shape index (κ2) is 8.55. The molecule has 27 heavy (non-hydrogen) atoms. The van der Waals surface area contributed by atoms with Crippen molar-refractivity contribution in [2.24, 2.45) is 0 Å². The molecule has 2 aromatic carbocycles. The molecule has 7 heteroatoms. The molecule has 1 heterocycles. The number of amides is 1. The fourth-order valence-electron chi connectivity index (χ4n) is 2.57. The van der Waals surface area contributed by atoms with Crippen LogP contribution >= 0.6 is 11.3 Å². The zero-order chi connectivity index (χ0) is 19.2. The molecule has 3 rings (SSSR count). The lowest BCUT2D eigenvalue weighted by Gasteiger charge is -2.13. The summed E-state index contributed by atoms with van der Waals surface area (Å²) < 4.78 is 10.5. The van der Waals surface area contributed by atoms with Crippen molar-refractivity contribution in [1.82, 2.24) is 10.3 Å². The van der Waals surface area contributed by atoms with Crippen molar-refractivity contribution in [2.45, 2.75) is 13.0 Å². The van der Waals surface area contributed by atoms with E-state index in [-0.39, 0.29) is 11.9 Å². The van der Waals surface area contributed by atoms with E-state index in [1.54, 1.807) is 19.6 Å². The first-order valence-electron chi connectivity index (χ1n) is 8.41. The van der Waals surface area contributed by atoms with Crippen molar-refractivity contribution in [3.8, 4) is 11.5 Å². The zero-order valence-electron chi connectivity index (χ0n) is 15.4. The van der Waals surface area contributed by atoms with E-state index < -0.39 is 0 Å². The number of anilines is 2. The minimum atomic E-state index is -0.206. The minimum Gasteiger partial charge on any atom is -0.493 e. The maximum atomic E-state index is 12.4. The molecule has 0 spiro atoms. The van der Waals surface area contributed by atoms with E-state index in [4.69, 9.17) is 9.47 Å². The van der Waals surface area contributed by atoms with Gasteiger partial charge in [0.1, 0.15) is 5.69 Å². The van der Waals surface area contributed by atoms with Gasteiger partial charge in [0, 0.05) is 17.1 Å². The van der Waals surface area contributed by atoms with Crippen LogP contribution in [0.15, 0.2) is 53.9 Å². The predicted octanol–water partition coefficient (Wildman–Crippen LogP) is 4.39. The van der Waals surface area contributed by atoms with Crippen LogP contribution in [-0.4, -0.2) is 25.1 Å². The lowest BCUT2D eigenvalue weighted by molar-refractivity contribution is 0.0935. The minimum absolute atomic E-state index is 0.0948. The van der Waals surface area contributed by atoms with Gasteiger partial charge in [-0.1, -0.05) is 30.3 Å². The standard InChI is InChI=1S/C20H21N3O3S/c1-13(14-7-5-4-6-8-14)21-19(24)16-12-27-20(23-16)22-15-9-10-17(25-2)18(11-15)26-3/h4-13H,1-3H3,(H,21,24)(H,22,23). The monoisotopic (exact) mass is 383 g/mol. The van der Waals surface area contributed by atoms with Crippen LogP contribution in [0, 0.1) is 0 Å². The molecule has 0 saturated heterocycles. The van der Waals surface area contributed by atoms with Gasteiger partial charge >= 0.3 is 0 Å². The molecular weight excluding hydrogens is 362 g/mol. The first kappa shape index (κ1) is 18.7. The van der Waals surface area contributed by atoms with Crippen molar-refractivity contribution in [3.63, 3.8) is 0 Å². The molecule has 1 aromatic heterocycles. The van der Waals surface area contributed by atoms with E-state index in [0.717, 1.165) is 11.3 Å². The third kappa shape index (κ3) is 4.57. The summed E-state index contributed by atoms with van der Waals surface area (Å²) in [5.74, 6) is 1.06. The Labute approximate surface area is 162 Å². The fraction of sp³-hybridized carbons (Fsp3) is 0.200. The molecule has 1 unspecified atom stereocenters. The number of hydrogen-bond acceptors (Lipinski definition) is 6. The summed E-state index contributed by atoms with van der Waals surface area (Å²) in [6, 6.07) is 15.2. The highest BCUT2D eigenvalue weighted by Gasteiger charge is 2.15. The summed E-state index contributed by atoms with van der Waals surface area (Å²) in [4.78, 5) is 16.8. The number of rotatable bonds is 7. The zero-order valence-corrected chi connectivity index (χ0v) is 16.2. The molecule has 140 valence electrons. The lowest BCUT2D eigenvalue weighted by Crippen LogP contribution is -2.26. The van der Waals surface area contributed by atoms with Crippen molar-refractivity contribution >= 4 is 28.1 Å². The lowest BCUT2D eigenvalue weighted by atomic mass is 10.1. The average molecular weight is 383 g/mol. The highest BCUT2D eigenvalue weighted by molar-refractivity contribution is 7.14. The van der Waals surface area contributed by atoms with Crippen LogP contribution in [0.3, 0.4) is 0 Å².